The fourth-order valence-electron chi connectivity index (χ4n) is 3.16. The number of hydrogen-bond donors (Lipinski definition) is 1. The number of ether oxygens (including phenoxy) is 1. The lowest BCUT2D eigenvalue weighted by atomic mass is 9.84. The van der Waals surface area contributed by atoms with Crippen molar-refractivity contribution in [1.29, 1.82) is 0 Å². The Hall–Kier alpha value is -3.59. The molecule has 9 heteroatoms. The molecule has 152 valence electrons. The maximum Gasteiger partial charge on any atom is 0.387 e. The molecule has 0 radical (unpaired) electrons. The zero-order valence-electron chi connectivity index (χ0n) is 15.1. The van der Waals surface area contributed by atoms with E-state index >= 15 is 0 Å². The van der Waals surface area contributed by atoms with Gasteiger partial charge in [-0.2, -0.15) is 8.78 Å². The van der Waals surface area contributed by atoms with Crippen molar-refractivity contribution >= 4 is 27.3 Å². The SMILES string of the molecule is O=C1c2ccccc2C(=O)c2cc(S(=O)(=O)Nc3ccc(OC(F)F)cc3)ccc21. The van der Waals surface area contributed by atoms with Gasteiger partial charge in [-0.1, -0.05) is 24.3 Å². The van der Waals surface area contributed by atoms with Gasteiger partial charge in [0.05, 0.1) is 4.90 Å². The van der Waals surface area contributed by atoms with Crippen LogP contribution in [0.15, 0.2) is 71.6 Å². The van der Waals surface area contributed by atoms with Crippen LogP contribution in [0.25, 0.3) is 0 Å². The van der Waals surface area contributed by atoms with E-state index < -0.39 is 22.4 Å². The van der Waals surface area contributed by atoms with Crippen molar-refractivity contribution in [3.63, 3.8) is 0 Å². The van der Waals surface area contributed by atoms with Crippen molar-refractivity contribution < 1.29 is 31.5 Å². The second-order valence-electron chi connectivity index (χ2n) is 6.42. The third-order valence-corrected chi connectivity index (χ3v) is 5.92. The second kappa shape index (κ2) is 7.34. The van der Waals surface area contributed by atoms with E-state index in [2.05, 4.69) is 9.46 Å². The molecule has 6 nitrogen and oxygen atoms in total. The Balaban J connectivity index is 1.65. The average Bonchev–Trinajstić information content (AvgIpc) is 2.72. The number of fused-ring (bicyclic) bond motifs is 2. The molecular weight excluding hydrogens is 416 g/mol. The lowest BCUT2D eigenvalue weighted by Crippen LogP contribution is -2.22. The quantitative estimate of drug-likeness (QED) is 0.520. The Labute approximate surface area is 170 Å². The minimum Gasteiger partial charge on any atom is -0.435 e. The Kier molecular flexibility index (Phi) is 4.83. The van der Waals surface area contributed by atoms with E-state index in [1.807, 2.05) is 0 Å². The summed E-state index contributed by atoms with van der Waals surface area (Å²) in [5, 5.41) is 0. The highest BCUT2D eigenvalue weighted by atomic mass is 32.2. The van der Waals surface area contributed by atoms with Crippen LogP contribution in [0.1, 0.15) is 31.8 Å². The number of rotatable bonds is 5. The molecule has 0 fully saturated rings. The molecule has 0 aliphatic heterocycles. The first-order chi connectivity index (χ1) is 14.3. The predicted octanol–water partition coefficient (Wildman–Crippen LogP) is 3.86. The van der Waals surface area contributed by atoms with Gasteiger partial charge in [0, 0.05) is 27.9 Å². The van der Waals surface area contributed by atoms with Gasteiger partial charge in [0.2, 0.25) is 0 Å². The summed E-state index contributed by atoms with van der Waals surface area (Å²) in [6.07, 6.45) is 0. The standard InChI is InChI=1S/C21H13F2NO5S/c22-21(23)29-13-7-5-12(6-8-13)24-30(27,28)14-9-10-17-18(11-14)20(26)16-4-2-1-3-15(16)19(17)25/h1-11,21,24H. The minimum atomic E-state index is -4.10. The van der Waals surface area contributed by atoms with Crippen molar-refractivity contribution in [1.82, 2.24) is 0 Å². The van der Waals surface area contributed by atoms with E-state index in [0.29, 0.717) is 0 Å². The lowest BCUT2D eigenvalue weighted by molar-refractivity contribution is -0.0498. The summed E-state index contributed by atoms with van der Waals surface area (Å²) >= 11 is 0. The first kappa shape index (κ1) is 19.7. The summed E-state index contributed by atoms with van der Waals surface area (Å²) in [6, 6.07) is 14.9. The average molecular weight is 429 g/mol. The van der Waals surface area contributed by atoms with E-state index in [4.69, 9.17) is 0 Å². The molecule has 0 saturated heterocycles. The lowest BCUT2D eigenvalue weighted by Gasteiger charge is -2.18. The molecule has 0 bridgehead atoms. The van der Waals surface area contributed by atoms with Gasteiger partial charge >= 0.3 is 6.61 Å². The topological polar surface area (TPSA) is 89.5 Å². The zero-order valence-corrected chi connectivity index (χ0v) is 16.0. The Morgan fingerprint density at radius 1 is 0.767 bits per heavy atom. The molecule has 0 amide bonds. The monoisotopic (exact) mass is 429 g/mol. The molecule has 1 N–H and O–H groups in total. The van der Waals surface area contributed by atoms with Gasteiger partial charge in [-0.15, -0.1) is 0 Å². The van der Waals surface area contributed by atoms with Crippen LogP contribution in [0.3, 0.4) is 0 Å². The van der Waals surface area contributed by atoms with E-state index in [1.165, 1.54) is 42.5 Å². The summed E-state index contributed by atoms with van der Waals surface area (Å²) in [5.41, 5.74) is 0.734. The van der Waals surface area contributed by atoms with Crippen molar-refractivity contribution in [2.75, 3.05) is 4.72 Å². The summed E-state index contributed by atoms with van der Waals surface area (Å²) in [4.78, 5) is 25.2. The smallest absolute Gasteiger partial charge is 0.387 e. The summed E-state index contributed by atoms with van der Waals surface area (Å²) in [7, 11) is -4.10. The number of alkyl halides is 2. The van der Waals surface area contributed by atoms with Crippen LogP contribution in [0, 0.1) is 0 Å². The van der Waals surface area contributed by atoms with Gasteiger partial charge in [-0.25, -0.2) is 8.42 Å². The number of carbonyl (C=O) groups is 2. The number of hydrogen-bond acceptors (Lipinski definition) is 5. The number of benzene rings is 3. The first-order valence-electron chi connectivity index (χ1n) is 8.66. The second-order valence-corrected chi connectivity index (χ2v) is 8.10. The van der Waals surface area contributed by atoms with Crippen molar-refractivity contribution in [2.45, 2.75) is 11.5 Å². The number of anilines is 1. The molecule has 4 rings (SSSR count). The number of carbonyl (C=O) groups excluding carboxylic acids is 2. The van der Waals surface area contributed by atoms with Crippen LogP contribution in [0.4, 0.5) is 14.5 Å². The third kappa shape index (κ3) is 3.55. The van der Waals surface area contributed by atoms with Crippen LogP contribution in [-0.2, 0) is 10.0 Å². The Bertz CT molecular complexity index is 1270. The molecule has 3 aromatic carbocycles. The van der Waals surface area contributed by atoms with Crippen molar-refractivity contribution in [2.24, 2.45) is 0 Å². The molecule has 30 heavy (non-hydrogen) atoms. The van der Waals surface area contributed by atoms with E-state index in [1.54, 1.807) is 18.2 Å². The predicted molar refractivity (Wildman–Crippen MR) is 104 cm³/mol. The highest BCUT2D eigenvalue weighted by molar-refractivity contribution is 7.92. The Morgan fingerprint density at radius 3 is 1.93 bits per heavy atom. The van der Waals surface area contributed by atoms with Crippen molar-refractivity contribution in [3.8, 4) is 5.75 Å². The van der Waals surface area contributed by atoms with Crippen LogP contribution >= 0.6 is 0 Å². The van der Waals surface area contributed by atoms with Gasteiger partial charge in [0.1, 0.15) is 5.75 Å². The van der Waals surface area contributed by atoms with Crippen LogP contribution in [0.5, 0.6) is 5.75 Å². The summed E-state index contributed by atoms with van der Waals surface area (Å²) in [6.45, 7) is -2.99. The molecule has 1 aliphatic rings. The minimum absolute atomic E-state index is 0.00209. The van der Waals surface area contributed by atoms with Gasteiger partial charge in [-0.3, -0.25) is 14.3 Å². The number of sulfonamides is 1. The third-order valence-electron chi connectivity index (χ3n) is 4.54. The van der Waals surface area contributed by atoms with Crippen LogP contribution < -0.4 is 9.46 Å². The fourth-order valence-corrected chi connectivity index (χ4v) is 4.25. The molecule has 3 aromatic rings. The number of halogens is 2. The zero-order chi connectivity index (χ0) is 21.5. The maximum absolute atomic E-state index is 12.8. The summed E-state index contributed by atoms with van der Waals surface area (Å²) < 4.78 is 56.4. The van der Waals surface area contributed by atoms with Crippen molar-refractivity contribution in [3.05, 3.63) is 89.0 Å². The molecule has 0 spiro atoms. The molecule has 1 aliphatic carbocycles. The normalized spacial score (nSPS) is 13.0. The summed E-state index contributed by atoms with van der Waals surface area (Å²) in [5.74, 6) is -0.915. The fraction of sp³-hybridized carbons (Fsp3) is 0.0476. The molecule has 0 saturated carbocycles. The largest absolute Gasteiger partial charge is 0.435 e. The van der Waals surface area contributed by atoms with Gasteiger partial charge in [0.25, 0.3) is 10.0 Å². The molecular formula is C21H13F2NO5S. The van der Waals surface area contributed by atoms with Gasteiger partial charge in [0.15, 0.2) is 11.6 Å². The molecule has 0 heterocycles. The van der Waals surface area contributed by atoms with E-state index in [9.17, 15) is 26.8 Å². The van der Waals surface area contributed by atoms with Gasteiger partial charge < -0.3 is 4.74 Å². The van der Waals surface area contributed by atoms with Crippen LogP contribution in [0.2, 0.25) is 0 Å². The first-order valence-corrected chi connectivity index (χ1v) is 10.1. The van der Waals surface area contributed by atoms with E-state index in [0.717, 1.165) is 6.07 Å². The molecule has 0 atom stereocenters. The molecule has 0 unspecified atom stereocenters. The highest BCUT2D eigenvalue weighted by Crippen LogP contribution is 2.29. The van der Waals surface area contributed by atoms with Crippen LogP contribution in [-0.4, -0.2) is 26.6 Å². The van der Waals surface area contributed by atoms with Gasteiger partial charge in [-0.05, 0) is 42.5 Å². The number of ketones is 2. The van der Waals surface area contributed by atoms with E-state index in [-0.39, 0.29) is 44.4 Å². The maximum atomic E-state index is 12.8. The highest BCUT2D eigenvalue weighted by Gasteiger charge is 2.30. The molecule has 0 aromatic heterocycles. The number of nitrogens with one attached hydrogen (secondary N) is 1. The Morgan fingerprint density at radius 2 is 1.33 bits per heavy atom.